The van der Waals surface area contributed by atoms with Crippen molar-refractivity contribution in [3.63, 3.8) is 0 Å². The van der Waals surface area contributed by atoms with Crippen molar-refractivity contribution in [2.45, 2.75) is 6.54 Å². The number of amides is 1. The van der Waals surface area contributed by atoms with Crippen molar-refractivity contribution in [1.82, 2.24) is 19.6 Å². The molecule has 2 fully saturated rings. The van der Waals surface area contributed by atoms with E-state index in [4.69, 9.17) is 5.73 Å². The van der Waals surface area contributed by atoms with Crippen LogP contribution in [0, 0.1) is 11.3 Å². The summed E-state index contributed by atoms with van der Waals surface area (Å²) in [6.45, 7) is 4.95. The van der Waals surface area contributed by atoms with Crippen molar-refractivity contribution in [3.8, 4) is 0 Å². The number of carbonyl (C=O) groups excluding carboxylic acids is 1. The second-order valence-electron chi connectivity index (χ2n) is 7.57. The molecule has 25 heavy (non-hydrogen) atoms. The summed E-state index contributed by atoms with van der Waals surface area (Å²) < 4.78 is 1.83. The van der Waals surface area contributed by atoms with Crippen molar-refractivity contribution in [2.75, 3.05) is 39.8 Å². The number of benzene rings is 1. The molecule has 6 heteroatoms. The number of hydrogen-bond acceptors (Lipinski definition) is 4. The number of rotatable bonds is 4. The summed E-state index contributed by atoms with van der Waals surface area (Å²) in [5.41, 5.74) is 8.01. The van der Waals surface area contributed by atoms with Crippen molar-refractivity contribution in [2.24, 2.45) is 17.1 Å². The Balaban J connectivity index is 1.45. The van der Waals surface area contributed by atoms with Crippen LogP contribution in [-0.2, 0) is 6.54 Å². The van der Waals surface area contributed by atoms with Gasteiger partial charge in [0.15, 0.2) is 0 Å². The molecule has 2 aromatic rings. The summed E-state index contributed by atoms with van der Waals surface area (Å²) in [5.74, 6) is 0.469. The summed E-state index contributed by atoms with van der Waals surface area (Å²) in [6.07, 6.45) is 3.53. The molecule has 4 rings (SSSR count). The van der Waals surface area contributed by atoms with Crippen LogP contribution in [0.2, 0.25) is 0 Å². The highest BCUT2D eigenvalue weighted by Crippen LogP contribution is 2.43. The van der Waals surface area contributed by atoms with Crippen LogP contribution in [0.1, 0.15) is 15.9 Å². The van der Waals surface area contributed by atoms with Crippen LogP contribution in [0.5, 0.6) is 0 Å². The predicted octanol–water partition coefficient (Wildman–Crippen LogP) is 0.894. The highest BCUT2D eigenvalue weighted by Gasteiger charge is 2.53. The second kappa shape index (κ2) is 6.28. The Bertz CT molecular complexity index is 750. The molecule has 1 spiro atoms. The molecule has 2 N–H and O–H groups in total. The molecule has 3 heterocycles. The summed E-state index contributed by atoms with van der Waals surface area (Å²) in [4.78, 5) is 17.2. The Labute approximate surface area is 148 Å². The SMILES string of the molecule is CN1CC2(C1)CN(C(=O)c1cnn(Cc3ccccc3)c1)CC2CN. The molecule has 6 nitrogen and oxygen atoms in total. The standard InChI is InChI=1S/C19H25N5O/c1-22-12-19(13-22)14-23(11-17(19)7-20)18(25)16-8-21-24(10-16)9-15-5-3-2-4-6-15/h2-6,8,10,17H,7,9,11-14,20H2,1H3. The van der Waals surface area contributed by atoms with E-state index < -0.39 is 0 Å². The van der Waals surface area contributed by atoms with Crippen LogP contribution >= 0.6 is 0 Å². The lowest BCUT2D eigenvalue weighted by Crippen LogP contribution is -2.59. The minimum absolute atomic E-state index is 0.0733. The van der Waals surface area contributed by atoms with E-state index in [9.17, 15) is 4.79 Å². The van der Waals surface area contributed by atoms with Gasteiger partial charge in [0.25, 0.3) is 5.91 Å². The quantitative estimate of drug-likeness (QED) is 0.898. The Morgan fingerprint density at radius 3 is 2.72 bits per heavy atom. The van der Waals surface area contributed by atoms with Gasteiger partial charge in [-0.25, -0.2) is 0 Å². The number of carbonyl (C=O) groups is 1. The third-order valence-corrected chi connectivity index (χ3v) is 5.62. The van der Waals surface area contributed by atoms with E-state index in [1.165, 1.54) is 5.56 Å². The maximum absolute atomic E-state index is 12.9. The lowest BCUT2D eigenvalue weighted by molar-refractivity contribution is 0.000263. The first-order valence-electron chi connectivity index (χ1n) is 8.84. The van der Waals surface area contributed by atoms with Crippen molar-refractivity contribution < 1.29 is 4.79 Å². The lowest BCUT2D eigenvalue weighted by Gasteiger charge is -2.49. The van der Waals surface area contributed by atoms with Gasteiger partial charge in [-0.3, -0.25) is 9.48 Å². The fraction of sp³-hybridized carbons (Fsp3) is 0.474. The van der Waals surface area contributed by atoms with E-state index in [0.29, 0.717) is 24.6 Å². The van der Waals surface area contributed by atoms with Gasteiger partial charge in [0.2, 0.25) is 0 Å². The molecule has 2 aliphatic heterocycles. The predicted molar refractivity (Wildman–Crippen MR) is 96.1 cm³/mol. The minimum Gasteiger partial charge on any atom is -0.338 e. The van der Waals surface area contributed by atoms with Crippen LogP contribution in [0.15, 0.2) is 42.7 Å². The number of aromatic nitrogens is 2. The van der Waals surface area contributed by atoms with E-state index in [0.717, 1.165) is 26.2 Å². The molecule has 1 aromatic carbocycles. The molecule has 0 bridgehead atoms. The molecule has 2 aliphatic rings. The van der Waals surface area contributed by atoms with Crippen molar-refractivity contribution >= 4 is 5.91 Å². The van der Waals surface area contributed by atoms with Gasteiger partial charge in [0.1, 0.15) is 0 Å². The third-order valence-electron chi connectivity index (χ3n) is 5.62. The molecule has 1 amide bonds. The highest BCUT2D eigenvalue weighted by molar-refractivity contribution is 5.94. The zero-order valence-electron chi connectivity index (χ0n) is 14.6. The van der Waals surface area contributed by atoms with E-state index in [-0.39, 0.29) is 11.3 Å². The van der Waals surface area contributed by atoms with Crippen molar-refractivity contribution in [1.29, 1.82) is 0 Å². The van der Waals surface area contributed by atoms with Gasteiger partial charge in [-0.1, -0.05) is 30.3 Å². The fourth-order valence-electron chi connectivity index (χ4n) is 4.41. The van der Waals surface area contributed by atoms with Crippen LogP contribution in [0.3, 0.4) is 0 Å². The highest BCUT2D eigenvalue weighted by atomic mass is 16.2. The van der Waals surface area contributed by atoms with Gasteiger partial charge in [-0.15, -0.1) is 0 Å². The third kappa shape index (κ3) is 2.96. The molecule has 2 saturated heterocycles. The minimum atomic E-state index is 0.0733. The fourth-order valence-corrected chi connectivity index (χ4v) is 4.41. The first-order valence-corrected chi connectivity index (χ1v) is 8.84. The van der Waals surface area contributed by atoms with E-state index in [2.05, 4.69) is 29.2 Å². The number of nitrogens with two attached hydrogens (primary N) is 1. The summed E-state index contributed by atoms with van der Waals surface area (Å²) in [5, 5.41) is 4.36. The van der Waals surface area contributed by atoms with Gasteiger partial charge in [-0.05, 0) is 25.1 Å². The largest absolute Gasteiger partial charge is 0.338 e. The molecule has 0 saturated carbocycles. The Kier molecular flexibility index (Phi) is 4.09. The summed E-state index contributed by atoms with van der Waals surface area (Å²) in [6, 6.07) is 10.1. The molecular weight excluding hydrogens is 314 g/mol. The van der Waals surface area contributed by atoms with Crippen LogP contribution in [0.25, 0.3) is 0 Å². The molecule has 0 radical (unpaired) electrons. The van der Waals surface area contributed by atoms with Gasteiger partial charge < -0.3 is 15.5 Å². The molecule has 1 unspecified atom stereocenters. The first kappa shape index (κ1) is 16.3. The Hall–Kier alpha value is -2.18. The average molecular weight is 339 g/mol. The molecule has 1 atom stereocenters. The molecule has 1 aromatic heterocycles. The Morgan fingerprint density at radius 2 is 2.04 bits per heavy atom. The average Bonchev–Trinajstić information content (AvgIpc) is 3.20. The Morgan fingerprint density at radius 1 is 1.28 bits per heavy atom. The molecule has 132 valence electrons. The van der Waals surface area contributed by atoms with Crippen LogP contribution < -0.4 is 5.73 Å². The smallest absolute Gasteiger partial charge is 0.257 e. The maximum Gasteiger partial charge on any atom is 0.257 e. The van der Waals surface area contributed by atoms with E-state index in [1.54, 1.807) is 6.20 Å². The van der Waals surface area contributed by atoms with Gasteiger partial charge in [-0.2, -0.15) is 5.10 Å². The number of hydrogen-bond donors (Lipinski definition) is 1. The molecular formula is C19H25N5O. The monoisotopic (exact) mass is 339 g/mol. The van der Waals surface area contributed by atoms with Crippen LogP contribution in [0.4, 0.5) is 0 Å². The molecule has 0 aliphatic carbocycles. The van der Waals surface area contributed by atoms with E-state index >= 15 is 0 Å². The van der Waals surface area contributed by atoms with Gasteiger partial charge >= 0.3 is 0 Å². The first-order chi connectivity index (χ1) is 12.1. The van der Waals surface area contributed by atoms with Gasteiger partial charge in [0.05, 0.1) is 18.3 Å². The normalized spacial score (nSPS) is 22.3. The lowest BCUT2D eigenvalue weighted by atomic mass is 9.72. The number of likely N-dealkylation sites (tertiary alicyclic amines) is 2. The maximum atomic E-state index is 12.9. The van der Waals surface area contributed by atoms with E-state index in [1.807, 2.05) is 34.0 Å². The zero-order chi connectivity index (χ0) is 17.4. The zero-order valence-corrected chi connectivity index (χ0v) is 14.6. The van der Waals surface area contributed by atoms with Crippen molar-refractivity contribution in [3.05, 3.63) is 53.9 Å². The summed E-state index contributed by atoms with van der Waals surface area (Å²) >= 11 is 0. The van der Waals surface area contributed by atoms with Gasteiger partial charge in [0, 0.05) is 37.8 Å². The number of nitrogens with zero attached hydrogens (tertiary/aromatic N) is 4. The topological polar surface area (TPSA) is 67.4 Å². The summed E-state index contributed by atoms with van der Waals surface area (Å²) in [7, 11) is 2.12. The van der Waals surface area contributed by atoms with Crippen LogP contribution in [-0.4, -0.2) is 65.3 Å². The second-order valence-corrected chi connectivity index (χ2v) is 7.57.